The van der Waals surface area contributed by atoms with Crippen LogP contribution >= 0.6 is 11.3 Å². The second-order valence-electron chi connectivity index (χ2n) is 7.09. The molecule has 0 spiro atoms. The molecule has 2 fully saturated rings. The standard InChI is InChI=1S/C20H24FN3O2S/c21-17-6-2-1-4-15(17)12-19-22-18(14-27-19)20(25)24-7-3-5-16(13-24)23-8-10-26-11-9-23/h1-2,4,6,14,16H,3,5,7-13H2. The zero-order valence-electron chi connectivity index (χ0n) is 15.3. The third kappa shape index (κ3) is 4.36. The second kappa shape index (κ2) is 8.46. The van der Waals surface area contributed by atoms with E-state index < -0.39 is 0 Å². The van der Waals surface area contributed by atoms with Crippen LogP contribution in [0.15, 0.2) is 29.6 Å². The minimum absolute atomic E-state index is 0.0102. The number of benzene rings is 1. The monoisotopic (exact) mass is 389 g/mol. The molecule has 5 nitrogen and oxygen atoms in total. The summed E-state index contributed by atoms with van der Waals surface area (Å²) >= 11 is 1.42. The SMILES string of the molecule is O=C(c1csc(Cc2ccccc2F)n1)N1CCCC(N2CCOCC2)C1. The summed E-state index contributed by atoms with van der Waals surface area (Å²) < 4.78 is 19.3. The van der Waals surface area contributed by atoms with Gasteiger partial charge in [-0.3, -0.25) is 9.69 Å². The highest BCUT2D eigenvalue weighted by molar-refractivity contribution is 7.09. The summed E-state index contributed by atoms with van der Waals surface area (Å²) in [6.07, 6.45) is 2.56. The van der Waals surface area contributed by atoms with E-state index in [1.807, 2.05) is 11.0 Å². The van der Waals surface area contributed by atoms with Crippen LogP contribution in [0, 0.1) is 5.82 Å². The number of amides is 1. The molecule has 0 aliphatic carbocycles. The summed E-state index contributed by atoms with van der Waals surface area (Å²) in [5.41, 5.74) is 1.09. The Hall–Kier alpha value is -1.83. The number of morpholine rings is 1. The molecule has 0 N–H and O–H groups in total. The van der Waals surface area contributed by atoms with E-state index in [2.05, 4.69) is 9.88 Å². The lowest BCUT2D eigenvalue weighted by Crippen LogP contribution is -2.52. The lowest BCUT2D eigenvalue weighted by Gasteiger charge is -2.40. The molecule has 0 radical (unpaired) electrons. The van der Waals surface area contributed by atoms with Gasteiger partial charge in [0.05, 0.1) is 18.2 Å². The molecule has 2 aromatic rings. The smallest absolute Gasteiger partial charge is 0.273 e. The molecular weight excluding hydrogens is 365 g/mol. The van der Waals surface area contributed by atoms with E-state index in [1.54, 1.807) is 17.5 Å². The number of halogens is 1. The fraction of sp³-hybridized carbons (Fsp3) is 0.500. The van der Waals surface area contributed by atoms with E-state index in [9.17, 15) is 9.18 Å². The van der Waals surface area contributed by atoms with Crippen LogP contribution in [0.3, 0.4) is 0 Å². The van der Waals surface area contributed by atoms with Crippen LogP contribution in [0.2, 0.25) is 0 Å². The van der Waals surface area contributed by atoms with Gasteiger partial charge < -0.3 is 9.64 Å². The van der Waals surface area contributed by atoms with Crippen LogP contribution in [0.25, 0.3) is 0 Å². The van der Waals surface area contributed by atoms with Crippen LogP contribution < -0.4 is 0 Å². The molecule has 3 heterocycles. The summed E-state index contributed by atoms with van der Waals surface area (Å²) in [7, 11) is 0. The molecule has 2 saturated heterocycles. The number of aromatic nitrogens is 1. The van der Waals surface area contributed by atoms with E-state index in [0.29, 0.717) is 23.7 Å². The Kier molecular flexibility index (Phi) is 5.80. The summed E-state index contributed by atoms with van der Waals surface area (Å²) in [5.74, 6) is -0.242. The molecule has 1 amide bonds. The molecule has 1 atom stereocenters. The van der Waals surface area contributed by atoms with Gasteiger partial charge in [-0.15, -0.1) is 11.3 Å². The number of carbonyl (C=O) groups is 1. The van der Waals surface area contributed by atoms with Crippen molar-refractivity contribution in [3.63, 3.8) is 0 Å². The van der Waals surface area contributed by atoms with Crippen molar-refractivity contribution < 1.29 is 13.9 Å². The van der Waals surface area contributed by atoms with Crippen molar-refractivity contribution >= 4 is 17.2 Å². The fourth-order valence-electron chi connectivity index (χ4n) is 3.84. The van der Waals surface area contributed by atoms with Gasteiger partial charge in [0.25, 0.3) is 5.91 Å². The van der Waals surface area contributed by atoms with Crippen LogP contribution in [0.1, 0.15) is 33.9 Å². The first-order valence-corrected chi connectivity index (χ1v) is 10.4. The Morgan fingerprint density at radius 3 is 2.89 bits per heavy atom. The minimum Gasteiger partial charge on any atom is -0.379 e. The van der Waals surface area contributed by atoms with Gasteiger partial charge >= 0.3 is 0 Å². The zero-order valence-corrected chi connectivity index (χ0v) is 16.1. The van der Waals surface area contributed by atoms with Gasteiger partial charge in [0.2, 0.25) is 0 Å². The molecule has 1 unspecified atom stereocenters. The van der Waals surface area contributed by atoms with E-state index >= 15 is 0 Å². The minimum atomic E-state index is -0.232. The average molecular weight is 389 g/mol. The number of carbonyl (C=O) groups excluding carboxylic acids is 1. The Balaban J connectivity index is 1.40. The Labute approximate surface area is 162 Å². The predicted molar refractivity (Wildman–Crippen MR) is 103 cm³/mol. The van der Waals surface area contributed by atoms with Gasteiger partial charge in [0.1, 0.15) is 11.5 Å². The van der Waals surface area contributed by atoms with Crippen molar-refractivity contribution in [3.8, 4) is 0 Å². The first kappa shape index (κ1) is 18.5. The van der Waals surface area contributed by atoms with Gasteiger partial charge in [-0.05, 0) is 24.5 Å². The Morgan fingerprint density at radius 2 is 2.07 bits per heavy atom. The van der Waals surface area contributed by atoms with Crippen molar-refractivity contribution in [1.82, 2.24) is 14.8 Å². The number of piperidine rings is 1. The molecule has 144 valence electrons. The van der Waals surface area contributed by atoms with E-state index in [4.69, 9.17) is 4.74 Å². The normalized spacial score (nSPS) is 21.4. The third-order valence-electron chi connectivity index (χ3n) is 5.32. The number of hydrogen-bond donors (Lipinski definition) is 0. The van der Waals surface area contributed by atoms with E-state index in [0.717, 1.165) is 57.2 Å². The third-order valence-corrected chi connectivity index (χ3v) is 6.16. The molecule has 4 rings (SSSR count). The summed E-state index contributed by atoms with van der Waals surface area (Å²) in [4.78, 5) is 21.8. The number of thiazole rings is 1. The highest BCUT2D eigenvalue weighted by Gasteiger charge is 2.30. The molecule has 0 bridgehead atoms. The molecule has 27 heavy (non-hydrogen) atoms. The maximum absolute atomic E-state index is 13.8. The predicted octanol–water partition coefficient (Wildman–Crippen LogP) is 2.81. The molecule has 0 saturated carbocycles. The molecule has 2 aliphatic rings. The van der Waals surface area contributed by atoms with Gasteiger partial charge in [-0.1, -0.05) is 18.2 Å². The Morgan fingerprint density at radius 1 is 1.26 bits per heavy atom. The molecule has 2 aliphatic heterocycles. The molecule has 7 heteroatoms. The quantitative estimate of drug-likeness (QED) is 0.807. The summed E-state index contributed by atoms with van der Waals surface area (Å²) in [6, 6.07) is 7.11. The average Bonchev–Trinajstić information content (AvgIpc) is 3.18. The van der Waals surface area contributed by atoms with Crippen molar-refractivity contribution in [3.05, 3.63) is 51.7 Å². The maximum Gasteiger partial charge on any atom is 0.273 e. The van der Waals surface area contributed by atoms with E-state index in [-0.39, 0.29) is 11.7 Å². The largest absolute Gasteiger partial charge is 0.379 e. The first-order valence-electron chi connectivity index (χ1n) is 9.49. The highest BCUT2D eigenvalue weighted by atomic mass is 32.1. The number of rotatable bonds is 4. The summed E-state index contributed by atoms with van der Waals surface area (Å²) in [6.45, 7) is 4.96. The molecule has 1 aromatic carbocycles. The van der Waals surface area contributed by atoms with Gasteiger partial charge in [0.15, 0.2) is 0 Å². The lowest BCUT2D eigenvalue weighted by molar-refractivity contribution is -0.00128. The maximum atomic E-state index is 13.8. The van der Waals surface area contributed by atoms with Crippen molar-refractivity contribution in [2.45, 2.75) is 25.3 Å². The van der Waals surface area contributed by atoms with E-state index in [1.165, 1.54) is 17.4 Å². The summed E-state index contributed by atoms with van der Waals surface area (Å²) in [5, 5.41) is 2.57. The van der Waals surface area contributed by atoms with Crippen molar-refractivity contribution in [1.29, 1.82) is 0 Å². The van der Waals surface area contributed by atoms with Crippen LogP contribution in [0.4, 0.5) is 4.39 Å². The number of ether oxygens (including phenoxy) is 1. The first-order chi connectivity index (χ1) is 13.2. The second-order valence-corrected chi connectivity index (χ2v) is 8.03. The molecule has 1 aromatic heterocycles. The van der Waals surface area contributed by atoms with Gasteiger partial charge in [-0.25, -0.2) is 9.37 Å². The van der Waals surface area contributed by atoms with Gasteiger partial charge in [0, 0.05) is 44.0 Å². The van der Waals surface area contributed by atoms with Crippen LogP contribution in [0.5, 0.6) is 0 Å². The fourth-order valence-corrected chi connectivity index (χ4v) is 4.63. The van der Waals surface area contributed by atoms with Crippen LogP contribution in [-0.2, 0) is 11.2 Å². The highest BCUT2D eigenvalue weighted by Crippen LogP contribution is 2.21. The van der Waals surface area contributed by atoms with Crippen molar-refractivity contribution in [2.75, 3.05) is 39.4 Å². The van der Waals surface area contributed by atoms with Gasteiger partial charge in [-0.2, -0.15) is 0 Å². The lowest BCUT2D eigenvalue weighted by atomic mass is 10.0. The van der Waals surface area contributed by atoms with Crippen LogP contribution in [-0.4, -0.2) is 66.1 Å². The zero-order chi connectivity index (χ0) is 18.6. The molecular formula is C20H24FN3O2S. The topological polar surface area (TPSA) is 45.7 Å². The number of hydrogen-bond acceptors (Lipinski definition) is 5. The Bertz CT molecular complexity index is 791. The number of likely N-dealkylation sites (tertiary alicyclic amines) is 1. The van der Waals surface area contributed by atoms with Crippen molar-refractivity contribution in [2.24, 2.45) is 0 Å². The number of nitrogens with zero attached hydrogens (tertiary/aromatic N) is 3.